The molecule has 35 heavy (non-hydrogen) atoms. The molecule has 2 amide bonds. The molecule has 8 heteroatoms. The van der Waals surface area contributed by atoms with Gasteiger partial charge >= 0.3 is 6.18 Å². The second-order valence-electron chi connectivity index (χ2n) is 10.7. The molecular formula is C27H29F3N2O2S. The Morgan fingerprint density at radius 3 is 2.06 bits per heavy atom. The normalized spacial score (nSPS) is 20.1. The molecule has 1 saturated heterocycles. The third-order valence-corrected chi connectivity index (χ3v) is 7.84. The van der Waals surface area contributed by atoms with Gasteiger partial charge in [0.2, 0.25) is 0 Å². The van der Waals surface area contributed by atoms with Gasteiger partial charge < -0.3 is 4.90 Å². The number of alkyl halides is 3. The maximum absolute atomic E-state index is 14.5. The fraction of sp³-hybridized carbons (Fsp3) is 0.407. The zero-order valence-electron chi connectivity index (χ0n) is 20.7. The summed E-state index contributed by atoms with van der Waals surface area (Å²) in [5, 5.41) is 1.74. The maximum atomic E-state index is 14.5. The molecule has 0 radical (unpaired) electrons. The lowest BCUT2D eigenvalue weighted by Gasteiger charge is -2.42. The van der Waals surface area contributed by atoms with E-state index >= 15 is 0 Å². The van der Waals surface area contributed by atoms with E-state index in [1.54, 1.807) is 43.3 Å². The van der Waals surface area contributed by atoms with Crippen LogP contribution in [-0.2, 0) is 21.8 Å². The van der Waals surface area contributed by atoms with Crippen molar-refractivity contribution in [1.29, 1.82) is 0 Å². The largest absolute Gasteiger partial charge is 0.417 e. The molecule has 0 aromatic heterocycles. The first kappa shape index (κ1) is 25.4. The summed E-state index contributed by atoms with van der Waals surface area (Å²) in [4.78, 5) is 25.6. The number of rotatable bonds is 3. The Labute approximate surface area is 208 Å². The molecule has 4 rings (SSSR count). The molecule has 0 bridgehead atoms. The number of anilines is 1. The van der Waals surface area contributed by atoms with E-state index in [0.29, 0.717) is 16.8 Å². The van der Waals surface area contributed by atoms with Gasteiger partial charge in [0, 0.05) is 25.3 Å². The highest BCUT2D eigenvalue weighted by Crippen LogP contribution is 2.51. The molecule has 0 saturated carbocycles. The van der Waals surface area contributed by atoms with E-state index in [0.717, 1.165) is 35.7 Å². The highest BCUT2D eigenvalue weighted by atomic mass is 32.2. The monoisotopic (exact) mass is 502 g/mol. The molecule has 1 fully saturated rings. The van der Waals surface area contributed by atoms with E-state index in [2.05, 4.69) is 19.2 Å². The van der Waals surface area contributed by atoms with Gasteiger partial charge in [-0.2, -0.15) is 13.2 Å². The number of nitrogens with zero attached hydrogens (tertiary/aromatic N) is 1. The van der Waals surface area contributed by atoms with Crippen LogP contribution in [0.15, 0.2) is 35.2 Å². The van der Waals surface area contributed by atoms with Crippen LogP contribution >= 0.6 is 11.8 Å². The van der Waals surface area contributed by atoms with Crippen LogP contribution < -0.4 is 10.2 Å². The highest BCUT2D eigenvalue weighted by molar-refractivity contribution is 8.18. The Bertz CT molecular complexity index is 1260. The number of imide groups is 1. The first-order valence-electron chi connectivity index (χ1n) is 11.4. The molecule has 1 N–H and O–H groups in total. The number of benzene rings is 2. The average Bonchev–Trinajstić information content (AvgIpc) is 3.06. The van der Waals surface area contributed by atoms with Gasteiger partial charge in [-0.25, -0.2) is 0 Å². The summed E-state index contributed by atoms with van der Waals surface area (Å²) in [6.45, 7) is 8.17. The van der Waals surface area contributed by atoms with Crippen molar-refractivity contribution in [3.05, 3.63) is 57.5 Å². The Morgan fingerprint density at radius 2 is 1.54 bits per heavy atom. The molecule has 4 nitrogen and oxygen atoms in total. The number of amides is 2. The molecule has 1 aliphatic heterocycles. The van der Waals surface area contributed by atoms with E-state index in [-0.39, 0.29) is 21.3 Å². The van der Waals surface area contributed by atoms with Crippen LogP contribution in [0.2, 0.25) is 0 Å². The van der Waals surface area contributed by atoms with Gasteiger partial charge in [0.05, 0.1) is 10.5 Å². The smallest absolute Gasteiger partial charge is 0.377 e. The van der Waals surface area contributed by atoms with Crippen LogP contribution in [-0.4, -0.2) is 25.2 Å². The van der Waals surface area contributed by atoms with Crippen molar-refractivity contribution in [2.45, 2.75) is 57.5 Å². The lowest BCUT2D eigenvalue weighted by molar-refractivity contribution is -0.137. The Balaban J connectivity index is 2.00. The van der Waals surface area contributed by atoms with Gasteiger partial charge in [0.25, 0.3) is 11.1 Å². The quantitative estimate of drug-likeness (QED) is 0.455. The van der Waals surface area contributed by atoms with Crippen LogP contribution in [0.4, 0.5) is 23.7 Å². The molecule has 1 aliphatic carbocycles. The predicted octanol–water partition coefficient (Wildman–Crippen LogP) is 7.11. The van der Waals surface area contributed by atoms with Gasteiger partial charge in [-0.3, -0.25) is 14.9 Å². The van der Waals surface area contributed by atoms with E-state index in [9.17, 15) is 22.8 Å². The minimum absolute atomic E-state index is 0.116. The molecule has 0 atom stereocenters. The number of carbonyl (C=O) groups excluding carboxylic acids is 2. The third kappa shape index (κ3) is 4.73. The van der Waals surface area contributed by atoms with Crippen molar-refractivity contribution in [3.63, 3.8) is 0 Å². The van der Waals surface area contributed by atoms with E-state index < -0.39 is 22.9 Å². The Morgan fingerprint density at radius 1 is 0.943 bits per heavy atom. The minimum Gasteiger partial charge on any atom is -0.377 e. The predicted molar refractivity (Wildman–Crippen MR) is 136 cm³/mol. The summed E-state index contributed by atoms with van der Waals surface area (Å²) in [5.41, 5.74) is 2.10. The van der Waals surface area contributed by atoms with Gasteiger partial charge in [0.15, 0.2) is 0 Å². The van der Waals surface area contributed by atoms with Crippen molar-refractivity contribution in [1.82, 2.24) is 5.32 Å². The van der Waals surface area contributed by atoms with Gasteiger partial charge in [-0.05, 0) is 88.0 Å². The summed E-state index contributed by atoms with van der Waals surface area (Å²) in [7, 11) is 3.57. The first-order valence-corrected chi connectivity index (χ1v) is 12.2. The lowest BCUT2D eigenvalue weighted by Crippen LogP contribution is -2.34. The number of halogens is 3. The molecule has 186 valence electrons. The average molecular weight is 503 g/mol. The summed E-state index contributed by atoms with van der Waals surface area (Å²) in [6, 6.07) is 8.21. The van der Waals surface area contributed by atoms with E-state index in [1.807, 2.05) is 13.8 Å². The second kappa shape index (κ2) is 8.43. The van der Waals surface area contributed by atoms with Crippen molar-refractivity contribution < 1.29 is 22.8 Å². The molecule has 1 heterocycles. The molecule has 2 aromatic carbocycles. The number of carbonyl (C=O) groups is 2. The summed E-state index contributed by atoms with van der Waals surface area (Å²) in [6.07, 6.45) is -1.32. The van der Waals surface area contributed by atoms with Crippen LogP contribution in [0.5, 0.6) is 0 Å². The topological polar surface area (TPSA) is 49.4 Å². The van der Waals surface area contributed by atoms with E-state index in [1.165, 1.54) is 12.1 Å². The molecule has 0 unspecified atom stereocenters. The summed E-state index contributed by atoms with van der Waals surface area (Å²) < 4.78 is 43.5. The van der Waals surface area contributed by atoms with Crippen molar-refractivity contribution in [2.24, 2.45) is 0 Å². The Kier molecular flexibility index (Phi) is 6.11. The maximum Gasteiger partial charge on any atom is 0.417 e. The van der Waals surface area contributed by atoms with Crippen molar-refractivity contribution in [2.75, 3.05) is 19.0 Å². The summed E-state index contributed by atoms with van der Waals surface area (Å²) >= 11 is 0.777. The van der Waals surface area contributed by atoms with Crippen LogP contribution in [0.25, 0.3) is 17.2 Å². The first-order chi connectivity index (χ1) is 16.1. The van der Waals surface area contributed by atoms with E-state index in [4.69, 9.17) is 0 Å². The van der Waals surface area contributed by atoms with Gasteiger partial charge in [-0.1, -0.05) is 33.8 Å². The molecule has 0 spiro atoms. The molecule has 2 aliphatic rings. The Hall–Kier alpha value is -2.74. The zero-order chi connectivity index (χ0) is 25.9. The SMILES string of the molecule is CN(C)c1ccc(C=C2SC(=O)NC2=O)cc1-c1cc2c(cc1C(F)(F)F)C(C)(C)CCC2(C)C. The number of nitrogens with one attached hydrogen (secondary N) is 1. The van der Waals surface area contributed by atoms with Crippen molar-refractivity contribution in [3.8, 4) is 11.1 Å². The molecule has 2 aromatic rings. The van der Waals surface area contributed by atoms with Crippen molar-refractivity contribution >= 4 is 34.7 Å². The fourth-order valence-electron chi connectivity index (χ4n) is 4.89. The third-order valence-electron chi connectivity index (χ3n) is 7.03. The number of hydrogen-bond acceptors (Lipinski definition) is 4. The molecular weight excluding hydrogens is 473 g/mol. The van der Waals surface area contributed by atoms with Crippen LogP contribution in [0, 0.1) is 0 Å². The number of fused-ring (bicyclic) bond motifs is 1. The number of thioether (sulfide) groups is 1. The standard InChI is InChI=1S/C27H29F3N2O2S/c1-25(2)9-10-26(3,4)20-14-18(27(28,29)30)16(13-19(20)25)17-11-15(7-8-21(17)32(5)6)12-22-23(33)31-24(34)35-22/h7-8,11-14H,9-10H2,1-6H3,(H,31,33,34). The minimum atomic E-state index is -4.55. The lowest BCUT2D eigenvalue weighted by atomic mass is 9.62. The van der Waals surface area contributed by atoms with Crippen LogP contribution in [0.3, 0.4) is 0 Å². The second-order valence-corrected chi connectivity index (χ2v) is 11.7. The summed E-state index contributed by atoms with van der Waals surface area (Å²) in [5.74, 6) is -0.507. The van der Waals surface area contributed by atoms with Gasteiger partial charge in [0.1, 0.15) is 0 Å². The van der Waals surface area contributed by atoms with Crippen LogP contribution in [0.1, 0.15) is 62.8 Å². The fourth-order valence-corrected chi connectivity index (χ4v) is 5.58. The zero-order valence-corrected chi connectivity index (χ0v) is 21.5. The highest BCUT2D eigenvalue weighted by Gasteiger charge is 2.42. The van der Waals surface area contributed by atoms with Gasteiger partial charge in [-0.15, -0.1) is 0 Å². The number of hydrogen-bond donors (Lipinski definition) is 1.